The Morgan fingerprint density at radius 1 is 1.54 bits per heavy atom. The smallest absolute Gasteiger partial charge is 0.0994 e. The van der Waals surface area contributed by atoms with E-state index in [1.165, 1.54) is 0 Å². The maximum atomic E-state index is 8.75. The fourth-order valence-corrected chi connectivity index (χ4v) is 1.66. The third-order valence-electron chi connectivity index (χ3n) is 1.53. The van der Waals surface area contributed by atoms with E-state index in [2.05, 4.69) is 51.0 Å². The number of isothiocyanates is 1. The lowest BCUT2D eigenvalue weighted by Crippen LogP contribution is -1.83. The van der Waals surface area contributed by atoms with Crippen LogP contribution in [0, 0.1) is 11.3 Å². The molecule has 0 aliphatic heterocycles. The van der Waals surface area contributed by atoms with Crippen molar-refractivity contribution in [2.45, 2.75) is 4.43 Å². The normalized spacial score (nSPS) is 8.62. The number of nitrogens with zero attached hydrogens (tertiary/aromatic N) is 2. The molecule has 0 bridgehead atoms. The fraction of sp³-hybridized carbons (Fsp3) is 0.111. The summed E-state index contributed by atoms with van der Waals surface area (Å²) in [7, 11) is 0. The maximum absolute atomic E-state index is 8.75. The Hall–Kier alpha value is -0.760. The van der Waals surface area contributed by atoms with Gasteiger partial charge in [0.15, 0.2) is 0 Å². The van der Waals surface area contributed by atoms with Crippen molar-refractivity contribution in [3.8, 4) is 6.07 Å². The van der Waals surface area contributed by atoms with Gasteiger partial charge in [0.1, 0.15) is 0 Å². The van der Waals surface area contributed by atoms with Crippen LogP contribution in [0.25, 0.3) is 0 Å². The second-order valence-electron chi connectivity index (χ2n) is 2.29. The number of benzene rings is 1. The summed E-state index contributed by atoms with van der Waals surface area (Å²) in [4.78, 5) is 3.84. The van der Waals surface area contributed by atoms with Crippen molar-refractivity contribution in [1.29, 1.82) is 5.26 Å². The van der Waals surface area contributed by atoms with Crippen LogP contribution in [0.5, 0.6) is 0 Å². The van der Waals surface area contributed by atoms with Gasteiger partial charge in [0, 0.05) is 4.43 Å². The summed E-state index contributed by atoms with van der Waals surface area (Å²) in [5.41, 5.74) is 2.42. The van der Waals surface area contributed by atoms with Gasteiger partial charge in [-0.25, -0.2) is 0 Å². The predicted molar refractivity (Wildman–Crippen MR) is 63.6 cm³/mol. The van der Waals surface area contributed by atoms with Crippen molar-refractivity contribution in [2.24, 2.45) is 4.99 Å². The number of alkyl halides is 1. The molecule has 0 saturated heterocycles. The monoisotopic (exact) mass is 300 g/mol. The molecule has 0 saturated carbocycles. The van der Waals surface area contributed by atoms with Gasteiger partial charge in [-0.1, -0.05) is 22.6 Å². The molecule has 13 heavy (non-hydrogen) atoms. The Morgan fingerprint density at radius 3 is 2.85 bits per heavy atom. The molecule has 2 nitrogen and oxygen atoms in total. The van der Waals surface area contributed by atoms with Gasteiger partial charge in [-0.05, 0) is 36.0 Å². The van der Waals surface area contributed by atoms with Crippen LogP contribution in [0.3, 0.4) is 0 Å². The van der Waals surface area contributed by atoms with E-state index in [1.807, 2.05) is 6.07 Å². The third kappa shape index (κ3) is 2.59. The fourth-order valence-electron chi connectivity index (χ4n) is 0.922. The van der Waals surface area contributed by atoms with Crippen LogP contribution in [0.4, 0.5) is 5.69 Å². The van der Waals surface area contributed by atoms with E-state index in [1.54, 1.807) is 12.1 Å². The first-order valence-corrected chi connectivity index (χ1v) is 5.42. The first kappa shape index (κ1) is 10.3. The van der Waals surface area contributed by atoms with Crippen LogP contribution in [-0.2, 0) is 4.43 Å². The van der Waals surface area contributed by atoms with Gasteiger partial charge in [0.2, 0.25) is 0 Å². The molecule has 0 unspecified atom stereocenters. The van der Waals surface area contributed by atoms with E-state index >= 15 is 0 Å². The number of nitriles is 1. The van der Waals surface area contributed by atoms with Gasteiger partial charge in [-0.2, -0.15) is 10.3 Å². The number of hydrogen-bond donors (Lipinski definition) is 0. The molecule has 1 aromatic carbocycles. The molecule has 0 aliphatic rings. The van der Waals surface area contributed by atoms with Crippen LogP contribution in [0.2, 0.25) is 0 Å². The van der Waals surface area contributed by atoms with E-state index in [9.17, 15) is 0 Å². The molecule has 1 aromatic rings. The lowest BCUT2D eigenvalue weighted by Gasteiger charge is -1.99. The van der Waals surface area contributed by atoms with Gasteiger partial charge in [0.25, 0.3) is 0 Å². The average Bonchev–Trinajstić information content (AvgIpc) is 2.18. The van der Waals surface area contributed by atoms with Crippen LogP contribution in [0.15, 0.2) is 23.2 Å². The zero-order valence-corrected chi connectivity index (χ0v) is 9.59. The van der Waals surface area contributed by atoms with Gasteiger partial charge < -0.3 is 0 Å². The quantitative estimate of drug-likeness (QED) is 0.364. The molecule has 0 aromatic heterocycles. The highest BCUT2D eigenvalue weighted by Crippen LogP contribution is 2.19. The van der Waals surface area contributed by atoms with E-state index in [-0.39, 0.29) is 0 Å². The van der Waals surface area contributed by atoms with Crippen molar-refractivity contribution in [1.82, 2.24) is 0 Å². The largest absolute Gasteiger partial charge is 0.195 e. The molecular formula is C9H5IN2S. The third-order valence-corrected chi connectivity index (χ3v) is 2.44. The van der Waals surface area contributed by atoms with E-state index in [0.29, 0.717) is 5.56 Å². The first-order valence-electron chi connectivity index (χ1n) is 3.48. The summed E-state index contributed by atoms with van der Waals surface area (Å²) >= 11 is 6.70. The van der Waals surface area contributed by atoms with Crippen LogP contribution in [0.1, 0.15) is 11.1 Å². The standard InChI is InChI=1S/C9H5IN2S/c10-4-8-3-9(12-6-13)2-1-7(8)5-11/h1-3H,4H2. The Balaban J connectivity index is 3.22. The van der Waals surface area contributed by atoms with Gasteiger partial charge >= 0.3 is 0 Å². The zero-order chi connectivity index (χ0) is 9.68. The van der Waals surface area contributed by atoms with Gasteiger partial charge in [0.05, 0.1) is 22.5 Å². The Labute approximate surface area is 95.4 Å². The second-order valence-corrected chi connectivity index (χ2v) is 3.24. The molecule has 0 amide bonds. The minimum absolute atomic E-state index is 0.692. The maximum Gasteiger partial charge on any atom is 0.0994 e. The molecule has 64 valence electrons. The molecule has 0 fully saturated rings. The second kappa shape index (κ2) is 5.07. The van der Waals surface area contributed by atoms with Gasteiger partial charge in [-0.3, -0.25) is 0 Å². The molecule has 0 spiro atoms. The van der Waals surface area contributed by atoms with E-state index in [0.717, 1.165) is 15.7 Å². The number of rotatable bonds is 2. The number of thiocarbonyl (C=S) groups is 1. The Morgan fingerprint density at radius 2 is 2.31 bits per heavy atom. The number of halogens is 1. The molecule has 0 heterocycles. The highest BCUT2D eigenvalue weighted by Gasteiger charge is 2.00. The minimum Gasteiger partial charge on any atom is -0.195 e. The molecule has 0 aliphatic carbocycles. The summed E-state index contributed by atoms with van der Waals surface area (Å²) in [6.45, 7) is 0. The highest BCUT2D eigenvalue weighted by molar-refractivity contribution is 14.1. The lowest BCUT2D eigenvalue weighted by atomic mass is 10.1. The van der Waals surface area contributed by atoms with Crippen LogP contribution < -0.4 is 0 Å². The van der Waals surface area contributed by atoms with Crippen molar-refractivity contribution in [3.63, 3.8) is 0 Å². The molecule has 4 heteroatoms. The number of hydrogen-bond acceptors (Lipinski definition) is 3. The first-order chi connectivity index (χ1) is 6.31. The number of aliphatic imine (C=N–C) groups is 1. The molecule has 0 N–H and O–H groups in total. The summed E-state index contributed by atoms with van der Waals surface area (Å²) in [5, 5.41) is 11.0. The van der Waals surface area contributed by atoms with Crippen LogP contribution in [-0.4, -0.2) is 5.16 Å². The minimum atomic E-state index is 0.692. The predicted octanol–water partition coefficient (Wildman–Crippen LogP) is 3.23. The molecule has 0 atom stereocenters. The Kier molecular flexibility index (Phi) is 4.03. The summed E-state index contributed by atoms with van der Waals surface area (Å²) in [6, 6.07) is 7.48. The van der Waals surface area contributed by atoms with Crippen molar-refractivity contribution in [2.75, 3.05) is 0 Å². The van der Waals surface area contributed by atoms with Crippen LogP contribution >= 0.6 is 34.8 Å². The lowest BCUT2D eigenvalue weighted by molar-refractivity contribution is 1.37. The molecule has 0 radical (unpaired) electrons. The van der Waals surface area contributed by atoms with Crippen molar-refractivity contribution < 1.29 is 0 Å². The summed E-state index contributed by atoms with van der Waals surface area (Å²) < 4.78 is 0.793. The summed E-state index contributed by atoms with van der Waals surface area (Å²) in [5.74, 6) is 0. The van der Waals surface area contributed by atoms with Gasteiger partial charge in [-0.15, -0.1) is 0 Å². The van der Waals surface area contributed by atoms with E-state index < -0.39 is 0 Å². The summed E-state index contributed by atoms with van der Waals surface area (Å²) in [6.07, 6.45) is 0. The SMILES string of the molecule is N#Cc1ccc(N=C=S)cc1CI. The Bertz CT molecular complexity index is 403. The molecular weight excluding hydrogens is 295 g/mol. The highest BCUT2D eigenvalue weighted by atomic mass is 127. The average molecular weight is 300 g/mol. The molecule has 1 rings (SSSR count). The van der Waals surface area contributed by atoms with E-state index in [4.69, 9.17) is 5.26 Å². The zero-order valence-electron chi connectivity index (χ0n) is 6.62. The van der Waals surface area contributed by atoms with Crippen molar-refractivity contribution in [3.05, 3.63) is 29.3 Å². The van der Waals surface area contributed by atoms with Crippen molar-refractivity contribution >= 4 is 45.7 Å². The topological polar surface area (TPSA) is 36.1 Å².